The summed E-state index contributed by atoms with van der Waals surface area (Å²) in [5, 5.41) is 23.8. The minimum Gasteiger partial charge on any atom is -0.508 e. The number of nitrogens with zero attached hydrogens (tertiary/aromatic N) is 1. The molecule has 3 aromatic heterocycles. The third-order valence-electron chi connectivity index (χ3n) is 4.63. The van der Waals surface area contributed by atoms with Crippen LogP contribution in [0.15, 0.2) is 78.4 Å². The number of benzene rings is 1. The van der Waals surface area contributed by atoms with Gasteiger partial charge < -0.3 is 15.8 Å². The number of thiophene rings is 2. The second-order valence-electron chi connectivity index (χ2n) is 6.65. The van der Waals surface area contributed by atoms with Gasteiger partial charge in [-0.05, 0) is 35.7 Å². The molecule has 0 aliphatic carbocycles. The number of phenols is 1. The Balaban J connectivity index is 1.57. The predicted molar refractivity (Wildman–Crippen MR) is 122 cm³/mol. The molecule has 150 valence electrons. The first-order valence-electron chi connectivity index (χ1n) is 9.32. The fraction of sp³-hybridized carbons (Fsp3) is 0.0870. The summed E-state index contributed by atoms with van der Waals surface area (Å²) in [5.41, 5.74) is 1.60. The molecule has 4 aromatic rings. The van der Waals surface area contributed by atoms with E-state index in [1.807, 2.05) is 41.8 Å². The number of rotatable bonds is 7. The average Bonchev–Trinajstić information content (AvgIpc) is 3.46. The van der Waals surface area contributed by atoms with Gasteiger partial charge in [-0.15, -0.1) is 22.7 Å². The van der Waals surface area contributed by atoms with Crippen LogP contribution < -0.4 is 5.32 Å². The number of nitrogens with one attached hydrogen (secondary N) is 2. The standard InChI is InChI=1S/C23H19N3O2S2/c24-17(15-5-3-11-25-14-15)13-18(16-6-1-2-7-19(16)27)26-23(28)22-10-9-21(30-22)20-8-4-12-29-20/h1-12,14,18,24,27H,13H2,(H,26,28). The van der Waals surface area contributed by atoms with Gasteiger partial charge in [-0.1, -0.05) is 30.3 Å². The lowest BCUT2D eigenvalue weighted by Crippen LogP contribution is -2.29. The Bertz CT molecular complexity index is 1150. The van der Waals surface area contributed by atoms with E-state index in [1.54, 1.807) is 48.0 Å². The van der Waals surface area contributed by atoms with Crippen LogP contribution in [0.25, 0.3) is 9.75 Å². The molecule has 1 amide bonds. The van der Waals surface area contributed by atoms with Crippen LogP contribution in [0.1, 0.15) is 33.3 Å². The van der Waals surface area contributed by atoms with Crippen molar-refractivity contribution in [2.75, 3.05) is 0 Å². The van der Waals surface area contributed by atoms with Crippen LogP contribution in [0.2, 0.25) is 0 Å². The molecular weight excluding hydrogens is 414 g/mol. The maximum absolute atomic E-state index is 13.0. The Morgan fingerprint density at radius 1 is 1.07 bits per heavy atom. The first-order chi connectivity index (χ1) is 14.6. The lowest BCUT2D eigenvalue weighted by Gasteiger charge is -2.20. The number of hydrogen-bond donors (Lipinski definition) is 3. The molecule has 0 aliphatic heterocycles. The molecule has 7 heteroatoms. The molecule has 3 heterocycles. The number of amides is 1. The molecule has 0 bridgehead atoms. The second kappa shape index (κ2) is 9.02. The van der Waals surface area contributed by atoms with E-state index in [4.69, 9.17) is 5.41 Å². The fourth-order valence-corrected chi connectivity index (χ4v) is 4.87. The molecule has 3 N–H and O–H groups in total. The van der Waals surface area contributed by atoms with Gasteiger partial charge in [0, 0.05) is 45.4 Å². The third-order valence-corrected chi connectivity index (χ3v) is 6.78. The Hall–Kier alpha value is -3.29. The van der Waals surface area contributed by atoms with Crippen LogP contribution in [0.3, 0.4) is 0 Å². The molecule has 1 atom stereocenters. The lowest BCUT2D eigenvalue weighted by molar-refractivity contribution is 0.0941. The highest BCUT2D eigenvalue weighted by atomic mass is 32.1. The van der Waals surface area contributed by atoms with Crippen molar-refractivity contribution in [1.82, 2.24) is 10.3 Å². The summed E-state index contributed by atoms with van der Waals surface area (Å²) in [6.45, 7) is 0. The molecule has 5 nitrogen and oxygen atoms in total. The summed E-state index contributed by atoms with van der Waals surface area (Å²) in [6, 6.07) is 17.7. The topological polar surface area (TPSA) is 86.1 Å². The van der Waals surface area contributed by atoms with Crippen molar-refractivity contribution in [2.24, 2.45) is 0 Å². The highest BCUT2D eigenvalue weighted by molar-refractivity contribution is 7.22. The first kappa shape index (κ1) is 20.0. The van der Waals surface area contributed by atoms with Crippen LogP contribution in [0.4, 0.5) is 0 Å². The molecule has 1 aromatic carbocycles. The van der Waals surface area contributed by atoms with Crippen LogP contribution in [-0.2, 0) is 0 Å². The number of pyridine rings is 1. The van der Waals surface area contributed by atoms with Crippen LogP contribution >= 0.6 is 22.7 Å². The summed E-state index contributed by atoms with van der Waals surface area (Å²) in [5.74, 6) is -0.137. The van der Waals surface area contributed by atoms with E-state index < -0.39 is 6.04 Å². The van der Waals surface area contributed by atoms with Crippen LogP contribution in [0.5, 0.6) is 5.75 Å². The highest BCUT2D eigenvalue weighted by Crippen LogP contribution is 2.32. The Morgan fingerprint density at radius 3 is 2.67 bits per heavy atom. The molecule has 0 fully saturated rings. The van der Waals surface area contributed by atoms with E-state index in [2.05, 4.69) is 10.3 Å². The van der Waals surface area contributed by atoms with E-state index in [9.17, 15) is 9.90 Å². The Labute approximate surface area is 182 Å². The Morgan fingerprint density at radius 2 is 1.93 bits per heavy atom. The van der Waals surface area contributed by atoms with E-state index in [-0.39, 0.29) is 18.1 Å². The molecule has 0 spiro atoms. The van der Waals surface area contributed by atoms with Crippen molar-refractivity contribution in [3.05, 3.63) is 94.4 Å². The number of aromatic nitrogens is 1. The van der Waals surface area contributed by atoms with Gasteiger partial charge in [0.15, 0.2) is 0 Å². The van der Waals surface area contributed by atoms with E-state index in [0.29, 0.717) is 21.7 Å². The normalized spacial score (nSPS) is 11.7. The van der Waals surface area contributed by atoms with E-state index in [0.717, 1.165) is 9.75 Å². The van der Waals surface area contributed by atoms with Gasteiger partial charge in [0.1, 0.15) is 5.75 Å². The monoisotopic (exact) mass is 433 g/mol. The largest absolute Gasteiger partial charge is 0.508 e. The van der Waals surface area contributed by atoms with Gasteiger partial charge in [0.25, 0.3) is 5.91 Å². The van der Waals surface area contributed by atoms with Gasteiger partial charge in [0.05, 0.1) is 10.9 Å². The van der Waals surface area contributed by atoms with Crippen molar-refractivity contribution in [2.45, 2.75) is 12.5 Å². The van der Waals surface area contributed by atoms with Crippen molar-refractivity contribution in [3.63, 3.8) is 0 Å². The zero-order valence-corrected chi connectivity index (χ0v) is 17.5. The number of aromatic hydroxyl groups is 1. The third kappa shape index (κ3) is 4.48. The summed E-state index contributed by atoms with van der Waals surface area (Å²) < 4.78 is 0. The molecule has 4 rings (SSSR count). The average molecular weight is 434 g/mol. The SMILES string of the molecule is N=C(CC(NC(=O)c1ccc(-c2cccs2)s1)c1ccccc1O)c1cccnc1. The summed E-state index contributed by atoms with van der Waals surface area (Å²) in [4.78, 5) is 19.8. The van der Waals surface area contributed by atoms with Gasteiger partial charge in [-0.25, -0.2) is 0 Å². The second-order valence-corrected chi connectivity index (χ2v) is 8.68. The van der Waals surface area contributed by atoms with E-state index >= 15 is 0 Å². The number of carbonyl (C=O) groups is 1. The summed E-state index contributed by atoms with van der Waals surface area (Å²) in [6.07, 6.45) is 3.51. The number of para-hydroxylation sites is 1. The Kier molecular flexibility index (Phi) is 6.02. The molecule has 0 aliphatic rings. The van der Waals surface area contributed by atoms with Gasteiger partial charge in [0.2, 0.25) is 0 Å². The number of hydrogen-bond acceptors (Lipinski definition) is 6. The number of phenolic OH excluding ortho intramolecular Hbond substituents is 1. The zero-order valence-electron chi connectivity index (χ0n) is 15.9. The van der Waals surface area contributed by atoms with Crippen molar-refractivity contribution < 1.29 is 9.90 Å². The molecule has 0 saturated heterocycles. The van der Waals surface area contributed by atoms with Crippen LogP contribution in [0, 0.1) is 5.41 Å². The van der Waals surface area contributed by atoms with Gasteiger partial charge in [-0.3, -0.25) is 9.78 Å². The maximum atomic E-state index is 13.0. The van der Waals surface area contributed by atoms with Gasteiger partial charge in [-0.2, -0.15) is 0 Å². The maximum Gasteiger partial charge on any atom is 0.261 e. The molecule has 1 unspecified atom stereocenters. The quantitative estimate of drug-likeness (QED) is 0.336. The predicted octanol–water partition coefficient (Wildman–Crippen LogP) is 5.51. The van der Waals surface area contributed by atoms with Gasteiger partial charge >= 0.3 is 0 Å². The molecule has 0 saturated carbocycles. The van der Waals surface area contributed by atoms with Crippen molar-refractivity contribution >= 4 is 34.3 Å². The minimum absolute atomic E-state index is 0.0900. The summed E-state index contributed by atoms with van der Waals surface area (Å²) >= 11 is 3.06. The zero-order chi connectivity index (χ0) is 20.9. The molecule has 0 radical (unpaired) electrons. The number of carbonyl (C=O) groups excluding carboxylic acids is 1. The first-order valence-corrected chi connectivity index (χ1v) is 11.0. The molecule has 30 heavy (non-hydrogen) atoms. The van der Waals surface area contributed by atoms with Crippen molar-refractivity contribution in [3.8, 4) is 15.5 Å². The minimum atomic E-state index is -0.543. The summed E-state index contributed by atoms with van der Waals surface area (Å²) in [7, 11) is 0. The van der Waals surface area contributed by atoms with Crippen molar-refractivity contribution in [1.29, 1.82) is 5.41 Å². The highest BCUT2D eigenvalue weighted by Gasteiger charge is 2.22. The lowest BCUT2D eigenvalue weighted by atomic mass is 9.97. The molecular formula is C23H19N3O2S2. The smallest absolute Gasteiger partial charge is 0.261 e. The van der Waals surface area contributed by atoms with Crippen LogP contribution in [-0.4, -0.2) is 21.7 Å². The van der Waals surface area contributed by atoms with E-state index in [1.165, 1.54) is 11.3 Å². The fourth-order valence-electron chi connectivity index (χ4n) is 3.12.